The fourth-order valence-electron chi connectivity index (χ4n) is 3.37. The number of anilines is 4. The number of alkyl halides is 2. The lowest BCUT2D eigenvalue weighted by Crippen LogP contribution is -2.29. The smallest absolute Gasteiger partial charge is 0.246 e. The Morgan fingerprint density at radius 2 is 1.09 bits per heavy atom. The Balaban J connectivity index is 0.000000399. The first-order valence-corrected chi connectivity index (χ1v) is 13.8. The highest BCUT2D eigenvalue weighted by molar-refractivity contribution is 6.67. The SMILES string of the molecule is C.Cc1ccc(N(C(=O)CCl)c2c(F)cc(F)c(F)c2F)cc1.Cc1ccc(Nc2c(F)cc(F)c(F)c2F)cc1.O=C(Cl)CCl. The van der Waals surface area contributed by atoms with Crippen LogP contribution in [0.15, 0.2) is 60.7 Å². The van der Waals surface area contributed by atoms with Crippen molar-refractivity contribution in [1.29, 1.82) is 0 Å². The first-order chi connectivity index (χ1) is 21.1. The van der Waals surface area contributed by atoms with Crippen LogP contribution in [0, 0.1) is 60.4 Å². The molecule has 4 rings (SSSR count). The van der Waals surface area contributed by atoms with E-state index in [0.717, 1.165) is 11.1 Å². The quantitative estimate of drug-likeness (QED) is 0.0711. The highest BCUT2D eigenvalue weighted by Crippen LogP contribution is 2.33. The molecular weight excluding hydrogens is 691 g/mol. The maximum Gasteiger partial charge on any atom is 0.246 e. The number of carbonyl (C=O) groups excluding carboxylic acids is 2. The normalized spacial score (nSPS) is 10.0. The summed E-state index contributed by atoms with van der Waals surface area (Å²) < 4.78 is 107. The van der Waals surface area contributed by atoms with Gasteiger partial charge in [0, 0.05) is 23.5 Å². The van der Waals surface area contributed by atoms with Crippen molar-refractivity contribution in [1.82, 2.24) is 0 Å². The standard InChI is InChI=1S/C15H10ClF4NO.C13H9F4N.C2H2Cl2O.CH4/c1-8-2-4-9(5-3-8)21(12(22)7-16)15-11(18)6-10(17)13(19)14(15)20;1-7-2-4-8(5-3-7)18-13-10(15)6-9(14)11(16)12(13)17;3-1-2(4)5;/h2-6H,7H2,1H3;2-6,18H,1H3;1H2;1H4. The van der Waals surface area contributed by atoms with Gasteiger partial charge in [0.25, 0.3) is 0 Å². The molecule has 0 aliphatic rings. The molecule has 0 unspecified atom stereocenters. The van der Waals surface area contributed by atoms with Crippen molar-refractivity contribution in [2.75, 3.05) is 22.0 Å². The third-order valence-electron chi connectivity index (χ3n) is 5.51. The molecule has 0 bridgehead atoms. The maximum atomic E-state index is 13.9. The monoisotopic (exact) mass is 714 g/mol. The Kier molecular flexibility index (Phi) is 16.0. The summed E-state index contributed by atoms with van der Waals surface area (Å²) in [5.74, 6) is -14.3. The third kappa shape index (κ3) is 10.6. The van der Waals surface area contributed by atoms with Crippen LogP contribution in [0.25, 0.3) is 0 Å². The fourth-order valence-corrected chi connectivity index (χ4v) is 3.49. The Labute approximate surface area is 274 Å². The highest BCUT2D eigenvalue weighted by atomic mass is 35.5. The van der Waals surface area contributed by atoms with E-state index < -0.39 is 74.9 Å². The zero-order valence-electron chi connectivity index (χ0n) is 23.1. The number of amides is 1. The lowest BCUT2D eigenvalue weighted by atomic mass is 10.1. The number of aryl methyl sites for hydroxylation is 2. The van der Waals surface area contributed by atoms with Crippen LogP contribution in [0.2, 0.25) is 0 Å². The van der Waals surface area contributed by atoms with Gasteiger partial charge in [0.1, 0.15) is 17.3 Å². The molecule has 0 radical (unpaired) electrons. The van der Waals surface area contributed by atoms with Gasteiger partial charge in [0.05, 0.1) is 5.88 Å². The molecule has 1 N–H and O–H groups in total. The Hall–Kier alpha value is -3.87. The van der Waals surface area contributed by atoms with Crippen molar-refractivity contribution in [3.05, 3.63) is 118 Å². The van der Waals surface area contributed by atoms with Crippen LogP contribution < -0.4 is 10.2 Å². The molecule has 0 saturated heterocycles. The third-order valence-corrected chi connectivity index (χ3v) is 6.25. The van der Waals surface area contributed by atoms with Crippen LogP contribution in [0.1, 0.15) is 18.6 Å². The number of hydrogen-bond acceptors (Lipinski definition) is 3. The summed E-state index contributed by atoms with van der Waals surface area (Å²) in [5, 5.41) is 1.87. The zero-order valence-corrected chi connectivity index (χ0v) is 25.4. The van der Waals surface area contributed by atoms with Gasteiger partial charge in [-0.2, -0.15) is 0 Å². The summed E-state index contributed by atoms with van der Waals surface area (Å²) in [4.78, 5) is 22.0. The van der Waals surface area contributed by atoms with Crippen molar-refractivity contribution < 1.29 is 44.7 Å². The number of hydrogen-bond donors (Lipinski definition) is 1. The van der Waals surface area contributed by atoms with Gasteiger partial charge in [-0.1, -0.05) is 42.8 Å². The molecule has 0 aliphatic heterocycles. The Morgan fingerprint density at radius 1 is 0.652 bits per heavy atom. The van der Waals surface area contributed by atoms with E-state index in [9.17, 15) is 44.7 Å². The Bertz CT molecular complexity index is 1660. The van der Waals surface area contributed by atoms with E-state index >= 15 is 0 Å². The topological polar surface area (TPSA) is 49.4 Å². The largest absolute Gasteiger partial charge is 0.351 e. The minimum atomic E-state index is -1.86. The summed E-state index contributed by atoms with van der Waals surface area (Å²) >= 11 is 15.0. The second kappa shape index (κ2) is 18.3. The van der Waals surface area contributed by atoms with E-state index in [-0.39, 0.29) is 25.1 Å². The molecular formula is C31H25Cl3F8N2O2. The Morgan fingerprint density at radius 3 is 1.54 bits per heavy atom. The van der Waals surface area contributed by atoms with Crippen LogP contribution in [0.4, 0.5) is 57.9 Å². The van der Waals surface area contributed by atoms with Crippen LogP contribution in [0.5, 0.6) is 0 Å². The van der Waals surface area contributed by atoms with Gasteiger partial charge >= 0.3 is 0 Å². The number of rotatable bonds is 6. The predicted molar refractivity (Wildman–Crippen MR) is 164 cm³/mol. The fraction of sp³-hybridized carbons (Fsp3) is 0.161. The second-order valence-electron chi connectivity index (χ2n) is 8.84. The summed E-state index contributed by atoms with van der Waals surface area (Å²) in [6, 6.07) is 13.1. The van der Waals surface area contributed by atoms with E-state index in [4.69, 9.17) is 34.8 Å². The average molecular weight is 716 g/mol. The summed E-state index contributed by atoms with van der Waals surface area (Å²) in [6.07, 6.45) is 0. The molecule has 4 aromatic carbocycles. The van der Waals surface area contributed by atoms with Gasteiger partial charge in [-0.3, -0.25) is 14.5 Å². The number of halogens is 11. The zero-order chi connectivity index (χ0) is 34.0. The van der Waals surface area contributed by atoms with Crippen LogP contribution >= 0.6 is 34.8 Å². The number of benzene rings is 4. The first kappa shape index (κ1) is 40.2. The lowest BCUT2D eigenvalue weighted by molar-refractivity contribution is -0.115. The van der Waals surface area contributed by atoms with Gasteiger partial charge in [-0.05, 0) is 49.7 Å². The summed E-state index contributed by atoms with van der Waals surface area (Å²) in [5.41, 5.74) is 0.552. The van der Waals surface area contributed by atoms with Gasteiger partial charge in [0.2, 0.25) is 11.1 Å². The molecule has 0 saturated carbocycles. The predicted octanol–water partition coefficient (Wildman–Crippen LogP) is 10.4. The van der Waals surface area contributed by atoms with Gasteiger partial charge in [-0.15, -0.1) is 23.2 Å². The van der Waals surface area contributed by atoms with Crippen LogP contribution in [0.3, 0.4) is 0 Å². The second-order valence-corrected chi connectivity index (χ2v) is 9.79. The van der Waals surface area contributed by atoms with Crippen molar-refractivity contribution >= 4 is 68.7 Å². The molecule has 248 valence electrons. The van der Waals surface area contributed by atoms with E-state index in [2.05, 4.69) is 5.32 Å². The van der Waals surface area contributed by atoms with E-state index in [1.165, 1.54) is 12.1 Å². The van der Waals surface area contributed by atoms with Gasteiger partial charge in [0.15, 0.2) is 46.5 Å². The molecule has 46 heavy (non-hydrogen) atoms. The number of nitrogens with one attached hydrogen (secondary N) is 1. The molecule has 15 heteroatoms. The average Bonchev–Trinajstić information content (AvgIpc) is 3.01. The minimum absolute atomic E-state index is 0. The summed E-state index contributed by atoms with van der Waals surface area (Å²) in [6.45, 7) is 3.62. The first-order valence-electron chi connectivity index (χ1n) is 12.3. The van der Waals surface area contributed by atoms with E-state index in [1.54, 1.807) is 43.3 Å². The molecule has 4 aromatic rings. The lowest BCUT2D eigenvalue weighted by Gasteiger charge is -2.23. The van der Waals surface area contributed by atoms with Crippen LogP contribution in [-0.2, 0) is 9.59 Å². The molecule has 0 aromatic heterocycles. The molecule has 4 nitrogen and oxygen atoms in total. The van der Waals surface area contributed by atoms with Gasteiger partial charge < -0.3 is 5.32 Å². The molecule has 0 spiro atoms. The van der Waals surface area contributed by atoms with Crippen molar-refractivity contribution in [3.63, 3.8) is 0 Å². The van der Waals surface area contributed by atoms with E-state index in [1.807, 2.05) is 6.92 Å². The molecule has 0 heterocycles. The molecule has 0 aliphatic carbocycles. The van der Waals surface area contributed by atoms with Crippen molar-refractivity contribution in [3.8, 4) is 0 Å². The maximum absolute atomic E-state index is 13.9. The highest BCUT2D eigenvalue weighted by Gasteiger charge is 2.28. The van der Waals surface area contributed by atoms with Crippen molar-refractivity contribution in [2.24, 2.45) is 0 Å². The summed E-state index contributed by atoms with van der Waals surface area (Å²) in [7, 11) is 0. The number of carbonyl (C=O) groups is 2. The van der Waals surface area contributed by atoms with Crippen molar-refractivity contribution in [2.45, 2.75) is 21.3 Å². The minimum Gasteiger partial charge on any atom is -0.351 e. The molecule has 0 fully saturated rings. The van der Waals surface area contributed by atoms with Gasteiger partial charge in [-0.25, -0.2) is 35.1 Å². The van der Waals surface area contributed by atoms with Crippen LogP contribution in [-0.4, -0.2) is 22.9 Å². The van der Waals surface area contributed by atoms with E-state index in [0.29, 0.717) is 16.7 Å². The molecule has 0 atom stereocenters. The number of nitrogens with zero attached hydrogens (tertiary/aromatic N) is 1. The molecule has 1 amide bonds.